The Balaban J connectivity index is 1.94. The average molecular weight is 290 g/mol. The molecule has 0 saturated heterocycles. The Hall–Kier alpha value is -1.87. The zero-order valence-corrected chi connectivity index (χ0v) is 12.1. The molecular formula is C16H16ClNO2. The van der Waals surface area contributed by atoms with Gasteiger partial charge in [0.2, 0.25) is 0 Å². The number of rotatable bonds is 6. The van der Waals surface area contributed by atoms with Crippen molar-refractivity contribution in [1.29, 1.82) is 0 Å². The molecule has 1 aromatic heterocycles. The monoisotopic (exact) mass is 289 g/mol. The van der Waals surface area contributed by atoms with E-state index in [1.165, 1.54) is 18.0 Å². The molecule has 4 heteroatoms. The average Bonchev–Trinajstić information content (AvgIpc) is 2.46. The normalized spacial score (nSPS) is 10.3. The third-order valence-corrected chi connectivity index (χ3v) is 3.07. The van der Waals surface area contributed by atoms with Gasteiger partial charge in [-0.25, -0.2) is 0 Å². The van der Waals surface area contributed by atoms with Crippen molar-refractivity contribution in [2.24, 2.45) is 0 Å². The smallest absolute Gasteiger partial charge is 0.200 e. The van der Waals surface area contributed by atoms with Crippen LogP contribution in [0.25, 0.3) is 0 Å². The van der Waals surface area contributed by atoms with Crippen molar-refractivity contribution in [3.8, 4) is 5.75 Å². The number of pyridine rings is 1. The van der Waals surface area contributed by atoms with Crippen LogP contribution in [-0.2, 0) is 6.42 Å². The predicted molar refractivity (Wildman–Crippen MR) is 79.5 cm³/mol. The van der Waals surface area contributed by atoms with Crippen molar-refractivity contribution in [2.75, 3.05) is 6.61 Å². The van der Waals surface area contributed by atoms with Gasteiger partial charge in [-0.05, 0) is 12.0 Å². The van der Waals surface area contributed by atoms with Gasteiger partial charge in [0.1, 0.15) is 5.75 Å². The number of ketones is 1. The Morgan fingerprint density at radius 3 is 2.65 bits per heavy atom. The van der Waals surface area contributed by atoms with Gasteiger partial charge in [-0.3, -0.25) is 9.78 Å². The summed E-state index contributed by atoms with van der Waals surface area (Å²) < 4.78 is 5.38. The standard InChI is InChI=1S/C16H16ClNO2/c1-2-3-12-4-6-13(7-5-12)16(19)11-20-15-8-14(17)9-18-10-15/h4-10H,2-3,11H2,1H3. The lowest BCUT2D eigenvalue weighted by atomic mass is 10.1. The molecule has 0 aliphatic heterocycles. The quantitative estimate of drug-likeness (QED) is 0.756. The molecule has 0 N–H and O–H groups in total. The largest absolute Gasteiger partial charge is 0.484 e. The lowest BCUT2D eigenvalue weighted by molar-refractivity contribution is 0.0921. The molecule has 2 aromatic rings. The van der Waals surface area contributed by atoms with Crippen LogP contribution in [0.5, 0.6) is 5.75 Å². The second-order valence-electron chi connectivity index (χ2n) is 4.50. The van der Waals surface area contributed by atoms with E-state index in [0.717, 1.165) is 12.8 Å². The fourth-order valence-electron chi connectivity index (χ4n) is 1.85. The van der Waals surface area contributed by atoms with E-state index in [1.807, 2.05) is 24.3 Å². The number of benzene rings is 1. The molecule has 0 aliphatic carbocycles. The van der Waals surface area contributed by atoms with Crippen LogP contribution in [-0.4, -0.2) is 17.4 Å². The summed E-state index contributed by atoms with van der Waals surface area (Å²) in [6.45, 7) is 2.11. The molecule has 1 heterocycles. The Labute approximate surface area is 123 Å². The maximum absolute atomic E-state index is 12.0. The summed E-state index contributed by atoms with van der Waals surface area (Å²) in [6, 6.07) is 9.28. The highest BCUT2D eigenvalue weighted by atomic mass is 35.5. The Morgan fingerprint density at radius 2 is 2.00 bits per heavy atom. The van der Waals surface area contributed by atoms with E-state index in [2.05, 4.69) is 11.9 Å². The first-order chi connectivity index (χ1) is 9.69. The Kier molecular flexibility index (Phi) is 5.13. The zero-order valence-electron chi connectivity index (χ0n) is 11.3. The molecule has 2 rings (SSSR count). The minimum Gasteiger partial charge on any atom is -0.484 e. The van der Waals surface area contributed by atoms with Crippen molar-refractivity contribution >= 4 is 17.4 Å². The fraction of sp³-hybridized carbons (Fsp3) is 0.250. The first-order valence-electron chi connectivity index (χ1n) is 6.54. The van der Waals surface area contributed by atoms with Crippen LogP contribution in [0.2, 0.25) is 5.02 Å². The molecule has 20 heavy (non-hydrogen) atoms. The van der Waals surface area contributed by atoms with Crippen LogP contribution in [0, 0.1) is 0 Å². The van der Waals surface area contributed by atoms with Crippen LogP contribution >= 0.6 is 11.6 Å². The molecule has 0 fully saturated rings. The SMILES string of the molecule is CCCc1ccc(C(=O)COc2cncc(Cl)c2)cc1. The number of halogens is 1. The van der Waals surface area contributed by atoms with Gasteiger partial charge in [0.05, 0.1) is 11.2 Å². The highest BCUT2D eigenvalue weighted by Gasteiger charge is 2.07. The van der Waals surface area contributed by atoms with Gasteiger partial charge in [-0.2, -0.15) is 0 Å². The molecule has 104 valence electrons. The number of Topliss-reactive ketones (excluding diaryl/α,β-unsaturated/α-hetero) is 1. The van der Waals surface area contributed by atoms with Crippen LogP contribution in [0.15, 0.2) is 42.7 Å². The summed E-state index contributed by atoms with van der Waals surface area (Å²) in [5.41, 5.74) is 1.89. The maximum Gasteiger partial charge on any atom is 0.200 e. The Morgan fingerprint density at radius 1 is 1.25 bits per heavy atom. The predicted octanol–water partition coefficient (Wildman–Crippen LogP) is 3.95. The van der Waals surface area contributed by atoms with Crippen molar-refractivity contribution in [1.82, 2.24) is 4.98 Å². The lowest BCUT2D eigenvalue weighted by Gasteiger charge is -2.06. The number of carbonyl (C=O) groups is 1. The number of aromatic nitrogens is 1. The lowest BCUT2D eigenvalue weighted by Crippen LogP contribution is -2.11. The van der Waals surface area contributed by atoms with Crippen molar-refractivity contribution < 1.29 is 9.53 Å². The fourth-order valence-corrected chi connectivity index (χ4v) is 2.01. The minimum atomic E-state index is -0.0620. The summed E-state index contributed by atoms with van der Waals surface area (Å²) in [5.74, 6) is 0.432. The van der Waals surface area contributed by atoms with Gasteiger partial charge in [0, 0.05) is 17.8 Å². The van der Waals surface area contributed by atoms with Gasteiger partial charge >= 0.3 is 0 Å². The van der Waals surface area contributed by atoms with Gasteiger partial charge < -0.3 is 4.74 Å². The van der Waals surface area contributed by atoms with Gasteiger partial charge in [0.15, 0.2) is 12.4 Å². The number of nitrogens with zero attached hydrogens (tertiary/aromatic N) is 1. The Bertz CT molecular complexity index is 581. The third kappa shape index (κ3) is 4.07. The molecule has 0 radical (unpaired) electrons. The van der Waals surface area contributed by atoms with Gasteiger partial charge in [0.25, 0.3) is 0 Å². The van der Waals surface area contributed by atoms with Crippen LogP contribution in [0.3, 0.4) is 0 Å². The van der Waals surface area contributed by atoms with E-state index >= 15 is 0 Å². The van der Waals surface area contributed by atoms with E-state index in [0.29, 0.717) is 16.3 Å². The number of hydrogen-bond donors (Lipinski definition) is 0. The molecule has 0 spiro atoms. The molecule has 0 unspecified atom stereocenters. The number of aryl methyl sites for hydroxylation is 1. The molecule has 3 nitrogen and oxygen atoms in total. The van der Waals surface area contributed by atoms with E-state index in [-0.39, 0.29) is 12.4 Å². The molecular weight excluding hydrogens is 274 g/mol. The van der Waals surface area contributed by atoms with E-state index < -0.39 is 0 Å². The van der Waals surface area contributed by atoms with E-state index in [4.69, 9.17) is 16.3 Å². The molecule has 0 aliphatic rings. The number of ether oxygens (including phenoxy) is 1. The summed E-state index contributed by atoms with van der Waals surface area (Å²) >= 11 is 5.80. The van der Waals surface area contributed by atoms with Crippen LogP contribution < -0.4 is 4.74 Å². The summed E-state index contributed by atoms with van der Waals surface area (Å²) in [4.78, 5) is 15.9. The van der Waals surface area contributed by atoms with Crippen molar-refractivity contribution in [2.45, 2.75) is 19.8 Å². The van der Waals surface area contributed by atoms with Gasteiger partial charge in [-0.15, -0.1) is 0 Å². The van der Waals surface area contributed by atoms with Gasteiger partial charge in [-0.1, -0.05) is 49.2 Å². The number of hydrogen-bond acceptors (Lipinski definition) is 3. The molecule has 0 bridgehead atoms. The second-order valence-corrected chi connectivity index (χ2v) is 4.93. The van der Waals surface area contributed by atoms with Crippen LogP contribution in [0.4, 0.5) is 0 Å². The van der Waals surface area contributed by atoms with Crippen molar-refractivity contribution in [3.05, 3.63) is 58.9 Å². The zero-order chi connectivity index (χ0) is 14.4. The summed E-state index contributed by atoms with van der Waals surface area (Å²) in [6.07, 6.45) is 5.17. The number of carbonyl (C=O) groups excluding carboxylic acids is 1. The molecule has 1 aromatic carbocycles. The summed E-state index contributed by atoms with van der Waals surface area (Å²) in [5, 5.41) is 0.485. The highest BCUT2D eigenvalue weighted by molar-refractivity contribution is 6.30. The first kappa shape index (κ1) is 14.5. The van der Waals surface area contributed by atoms with E-state index in [1.54, 1.807) is 6.07 Å². The minimum absolute atomic E-state index is 0.0187. The topological polar surface area (TPSA) is 39.2 Å². The first-order valence-corrected chi connectivity index (χ1v) is 6.92. The third-order valence-electron chi connectivity index (χ3n) is 2.86. The second kappa shape index (κ2) is 7.06. The molecule has 0 amide bonds. The van der Waals surface area contributed by atoms with E-state index in [9.17, 15) is 4.79 Å². The molecule has 0 atom stereocenters. The maximum atomic E-state index is 12.0. The van der Waals surface area contributed by atoms with Crippen LogP contribution in [0.1, 0.15) is 29.3 Å². The highest BCUT2D eigenvalue weighted by Crippen LogP contribution is 2.15. The van der Waals surface area contributed by atoms with Crippen molar-refractivity contribution in [3.63, 3.8) is 0 Å². The summed E-state index contributed by atoms with van der Waals surface area (Å²) in [7, 11) is 0. The molecule has 0 saturated carbocycles.